The molecule has 0 aliphatic carbocycles. The van der Waals surface area contributed by atoms with E-state index < -0.39 is 0 Å². The molecule has 4 nitrogen and oxygen atoms in total. The first-order chi connectivity index (χ1) is 14.6. The lowest BCUT2D eigenvalue weighted by Gasteiger charge is -2.16. The minimum Gasteiger partial charge on any atom is -0.497 e. The fourth-order valence-electron chi connectivity index (χ4n) is 3.94. The van der Waals surface area contributed by atoms with Gasteiger partial charge in [0.15, 0.2) is 0 Å². The summed E-state index contributed by atoms with van der Waals surface area (Å²) < 4.78 is 7.60. The summed E-state index contributed by atoms with van der Waals surface area (Å²) in [6.07, 6.45) is 2.19. The third-order valence-corrected chi connectivity index (χ3v) is 5.60. The van der Waals surface area contributed by atoms with Gasteiger partial charge in [-0.05, 0) is 55.8 Å². The lowest BCUT2D eigenvalue weighted by molar-refractivity contribution is 0.415. The maximum absolute atomic E-state index is 5.30. The SMILES string of the molecule is COc1ccc(-c2nnc3c4cc(C)ccc4n(Cc4ccc(C)cc4)cc2-3)cc1. The van der Waals surface area contributed by atoms with E-state index in [9.17, 15) is 0 Å². The number of fused-ring (bicyclic) bond motifs is 3. The van der Waals surface area contributed by atoms with Crippen LogP contribution in [-0.2, 0) is 6.54 Å². The summed E-state index contributed by atoms with van der Waals surface area (Å²) in [5.41, 5.74) is 8.85. The van der Waals surface area contributed by atoms with Gasteiger partial charge in [-0.2, -0.15) is 0 Å². The van der Waals surface area contributed by atoms with Gasteiger partial charge in [0.2, 0.25) is 0 Å². The van der Waals surface area contributed by atoms with Crippen LogP contribution in [-0.4, -0.2) is 21.9 Å². The summed E-state index contributed by atoms with van der Waals surface area (Å²) in [6, 6.07) is 23.2. The second-order valence-corrected chi connectivity index (χ2v) is 7.80. The number of aromatic nitrogens is 3. The molecule has 2 aliphatic rings. The van der Waals surface area contributed by atoms with Gasteiger partial charge >= 0.3 is 0 Å². The molecule has 0 amide bonds. The van der Waals surface area contributed by atoms with E-state index in [1.54, 1.807) is 7.11 Å². The Morgan fingerprint density at radius 3 is 2.23 bits per heavy atom. The van der Waals surface area contributed by atoms with Gasteiger partial charge in [-0.15, -0.1) is 10.2 Å². The predicted octanol–water partition coefficient (Wildman–Crippen LogP) is 5.88. The fourth-order valence-corrected chi connectivity index (χ4v) is 3.94. The Labute approximate surface area is 176 Å². The molecule has 4 heteroatoms. The van der Waals surface area contributed by atoms with E-state index in [1.807, 2.05) is 24.3 Å². The van der Waals surface area contributed by atoms with Crippen LogP contribution in [0.5, 0.6) is 5.75 Å². The van der Waals surface area contributed by atoms with Gasteiger partial charge in [-0.25, -0.2) is 0 Å². The van der Waals surface area contributed by atoms with Crippen LogP contribution in [0, 0.1) is 13.8 Å². The van der Waals surface area contributed by atoms with Crippen LogP contribution in [0.3, 0.4) is 0 Å². The largest absolute Gasteiger partial charge is 0.497 e. The zero-order chi connectivity index (χ0) is 20.7. The van der Waals surface area contributed by atoms with E-state index in [4.69, 9.17) is 4.74 Å². The molecule has 0 radical (unpaired) electrons. The summed E-state index contributed by atoms with van der Waals surface area (Å²) in [4.78, 5) is 0. The third-order valence-electron chi connectivity index (χ3n) is 5.60. The number of rotatable bonds is 4. The summed E-state index contributed by atoms with van der Waals surface area (Å²) >= 11 is 0. The van der Waals surface area contributed by atoms with Gasteiger partial charge < -0.3 is 9.30 Å². The average Bonchev–Trinajstić information content (AvgIpc) is 3.19. The van der Waals surface area contributed by atoms with Crippen molar-refractivity contribution in [3.05, 3.63) is 89.6 Å². The second kappa shape index (κ2) is 7.30. The molecule has 0 spiro atoms. The van der Waals surface area contributed by atoms with Gasteiger partial charge in [0.25, 0.3) is 0 Å². The highest BCUT2D eigenvalue weighted by Gasteiger charge is 2.20. The summed E-state index contributed by atoms with van der Waals surface area (Å²) in [6.45, 7) is 5.02. The maximum Gasteiger partial charge on any atom is 0.118 e. The Morgan fingerprint density at radius 1 is 0.800 bits per heavy atom. The molecule has 148 valence electrons. The predicted molar refractivity (Wildman–Crippen MR) is 121 cm³/mol. The van der Waals surface area contributed by atoms with Crippen molar-refractivity contribution in [1.82, 2.24) is 14.8 Å². The number of benzene rings is 3. The molecule has 0 aromatic heterocycles. The zero-order valence-corrected chi connectivity index (χ0v) is 17.4. The highest BCUT2D eigenvalue weighted by molar-refractivity contribution is 5.98. The topological polar surface area (TPSA) is 39.9 Å². The van der Waals surface area contributed by atoms with Crippen LogP contribution in [0.25, 0.3) is 33.4 Å². The normalized spacial score (nSPS) is 11.3. The zero-order valence-electron chi connectivity index (χ0n) is 17.4. The summed E-state index contributed by atoms with van der Waals surface area (Å²) in [5.74, 6) is 0.832. The Morgan fingerprint density at radius 2 is 1.50 bits per heavy atom. The molecular weight excluding hydrogens is 370 g/mol. The number of hydrogen-bond donors (Lipinski definition) is 0. The second-order valence-electron chi connectivity index (χ2n) is 7.80. The number of pyridine rings is 1. The first kappa shape index (κ1) is 18.4. The van der Waals surface area contributed by atoms with Crippen molar-refractivity contribution in [1.29, 1.82) is 0 Å². The minimum absolute atomic E-state index is 0.795. The standard InChI is InChI=1S/C26H23N3O/c1-17-4-7-19(8-5-17)15-29-16-23-25(20-9-11-21(30-3)12-10-20)27-28-26(23)22-14-18(2)6-13-24(22)29/h4-14,16H,15H2,1-3H3. The Hall–Kier alpha value is -3.66. The van der Waals surface area contributed by atoms with Crippen molar-refractivity contribution in [2.75, 3.05) is 7.11 Å². The van der Waals surface area contributed by atoms with Crippen LogP contribution in [0.4, 0.5) is 0 Å². The van der Waals surface area contributed by atoms with E-state index in [0.29, 0.717) is 0 Å². The molecule has 5 rings (SSSR count). The highest BCUT2D eigenvalue weighted by atomic mass is 16.5. The molecule has 3 aromatic rings. The Kier molecular flexibility index (Phi) is 4.47. The van der Waals surface area contributed by atoms with Crippen molar-refractivity contribution < 1.29 is 4.74 Å². The van der Waals surface area contributed by atoms with E-state index in [0.717, 1.165) is 45.7 Å². The van der Waals surface area contributed by atoms with Crippen LogP contribution in [0.1, 0.15) is 16.7 Å². The van der Waals surface area contributed by atoms with Crippen LogP contribution in [0.15, 0.2) is 72.9 Å². The number of aryl methyl sites for hydroxylation is 2. The lowest BCUT2D eigenvalue weighted by Crippen LogP contribution is -2.04. The van der Waals surface area contributed by atoms with Gasteiger partial charge in [0, 0.05) is 29.3 Å². The number of nitrogens with zero attached hydrogens (tertiary/aromatic N) is 3. The smallest absolute Gasteiger partial charge is 0.118 e. The van der Waals surface area contributed by atoms with Crippen LogP contribution in [0.2, 0.25) is 0 Å². The van der Waals surface area contributed by atoms with Crippen molar-refractivity contribution in [2.45, 2.75) is 20.4 Å². The van der Waals surface area contributed by atoms with Crippen molar-refractivity contribution in [3.8, 4) is 28.3 Å². The molecule has 3 aromatic carbocycles. The van der Waals surface area contributed by atoms with E-state index in [-0.39, 0.29) is 0 Å². The lowest BCUT2D eigenvalue weighted by atomic mass is 10.0. The molecular formula is C26H23N3O. The monoisotopic (exact) mass is 393 g/mol. The molecule has 0 atom stereocenters. The number of hydrogen-bond acceptors (Lipinski definition) is 3. The molecule has 0 N–H and O–H groups in total. The first-order valence-electron chi connectivity index (χ1n) is 10.1. The fraction of sp³-hybridized carbons (Fsp3) is 0.154. The van der Waals surface area contributed by atoms with Crippen molar-refractivity contribution in [3.63, 3.8) is 0 Å². The Balaban J connectivity index is 1.70. The molecule has 0 fully saturated rings. The molecule has 2 aliphatic heterocycles. The van der Waals surface area contributed by atoms with Gasteiger partial charge in [0.1, 0.15) is 17.1 Å². The first-order valence-corrected chi connectivity index (χ1v) is 10.1. The van der Waals surface area contributed by atoms with E-state index in [2.05, 4.69) is 77.3 Å². The molecule has 2 heterocycles. The van der Waals surface area contributed by atoms with Gasteiger partial charge in [-0.3, -0.25) is 0 Å². The average molecular weight is 393 g/mol. The van der Waals surface area contributed by atoms with E-state index in [1.165, 1.54) is 16.7 Å². The molecule has 0 bridgehead atoms. The summed E-state index contributed by atoms with van der Waals surface area (Å²) in [7, 11) is 1.68. The minimum atomic E-state index is 0.795. The third kappa shape index (κ3) is 3.20. The van der Waals surface area contributed by atoms with Gasteiger partial charge in [0.05, 0.1) is 12.6 Å². The molecule has 0 saturated heterocycles. The Bertz CT molecular complexity index is 1300. The molecule has 30 heavy (non-hydrogen) atoms. The molecule has 0 saturated carbocycles. The quantitative estimate of drug-likeness (QED) is 0.383. The van der Waals surface area contributed by atoms with Crippen LogP contribution >= 0.6 is 0 Å². The molecule has 0 unspecified atom stereocenters. The van der Waals surface area contributed by atoms with E-state index >= 15 is 0 Å². The summed E-state index contributed by atoms with van der Waals surface area (Å²) in [5, 5.41) is 10.3. The van der Waals surface area contributed by atoms with Crippen LogP contribution < -0.4 is 4.74 Å². The number of methoxy groups -OCH3 is 1. The maximum atomic E-state index is 5.30. The highest BCUT2D eigenvalue weighted by Crippen LogP contribution is 2.37. The van der Waals surface area contributed by atoms with Crippen molar-refractivity contribution >= 4 is 10.9 Å². The van der Waals surface area contributed by atoms with Gasteiger partial charge in [-0.1, -0.05) is 41.5 Å². The van der Waals surface area contributed by atoms with Crippen molar-refractivity contribution in [2.24, 2.45) is 0 Å². The number of ether oxygens (including phenoxy) is 1.